The zero-order chi connectivity index (χ0) is 14.7. The van der Waals surface area contributed by atoms with Gasteiger partial charge in [-0.2, -0.15) is 0 Å². The van der Waals surface area contributed by atoms with Crippen LogP contribution in [0.2, 0.25) is 5.02 Å². The number of thiazole rings is 1. The second-order valence-corrected chi connectivity index (χ2v) is 5.94. The van der Waals surface area contributed by atoms with Crippen molar-refractivity contribution in [2.45, 2.75) is 19.9 Å². The van der Waals surface area contributed by atoms with E-state index in [2.05, 4.69) is 10.3 Å². The van der Waals surface area contributed by atoms with Crippen molar-refractivity contribution in [3.8, 4) is 10.6 Å². The lowest BCUT2D eigenvalue weighted by molar-refractivity contribution is -0.120. The molecule has 1 atom stereocenters. The molecule has 4 nitrogen and oxygen atoms in total. The summed E-state index contributed by atoms with van der Waals surface area (Å²) < 4.78 is 0. The largest absolute Gasteiger partial charge is 0.348 e. The first-order chi connectivity index (χ1) is 9.51. The summed E-state index contributed by atoms with van der Waals surface area (Å²) in [5.41, 5.74) is 7.25. The van der Waals surface area contributed by atoms with E-state index in [0.29, 0.717) is 5.02 Å². The number of aryl methyl sites for hydroxylation is 1. The van der Waals surface area contributed by atoms with E-state index < -0.39 is 0 Å². The first kappa shape index (κ1) is 17.9. The van der Waals surface area contributed by atoms with Gasteiger partial charge < -0.3 is 11.1 Å². The molecular formula is C14H17Cl2N3OS. The number of nitrogens with zero attached hydrogens (tertiary/aromatic N) is 1. The summed E-state index contributed by atoms with van der Waals surface area (Å²) in [6.45, 7) is 3.86. The van der Waals surface area contributed by atoms with Crippen LogP contribution in [-0.4, -0.2) is 17.4 Å². The molecule has 1 unspecified atom stereocenters. The van der Waals surface area contributed by atoms with Crippen LogP contribution >= 0.6 is 35.3 Å². The number of amides is 1. The Bertz CT molecular complexity index is 613. The number of nitrogens with two attached hydrogens (primary N) is 1. The van der Waals surface area contributed by atoms with Gasteiger partial charge in [0.25, 0.3) is 0 Å². The highest BCUT2D eigenvalue weighted by atomic mass is 35.5. The molecule has 1 amide bonds. The number of carbonyl (C=O) groups excluding carboxylic acids is 1. The standard InChI is InChI=1S/C14H16ClN3OS.ClH/c1-8(17-12(19)7-16)13-9(2)18-14(20-13)10-3-5-11(15)6-4-10;/h3-6,8H,7,16H2,1-2H3,(H,17,19);1H. The van der Waals surface area contributed by atoms with E-state index in [0.717, 1.165) is 21.1 Å². The number of benzene rings is 1. The Labute approximate surface area is 139 Å². The van der Waals surface area contributed by atoms with Gasteiger partial charge in [-0.05, 0) is 26.0 Å². The van der Waals surface area contributed by atoms with Crippen LogP contribution in [-0.2, 0) is 4.79 Å². The topological polar surface area (TPSA) is 68.0 Å². The summed E-state index contributed by atoms with van der Waals surface area (Å²) >= 11 is 7.45. The highest BCUT2D eigenvalue weighted by molar-refractivity contribution is 7.15. The van der Waals surface area contributed by atoms with E-state index >= 15 is 0 Å². The predicted molar refractivity (Wildman–Crippen MR) is 90.2 cm³/mol. The van der Waals surface area contributed by atoms with Gasteiger partial charge in [0.15, 0.2) is 0 Å². The zero-order valence-electron chi connectivity index (χ0n) is 11.7. The van der Waals surface area contributed by atoms with Gasteiger partial charge in [0.05, 0.1) is 23.2 Å². The maximum atomic E-state index is 11.4. The minimum absolute atomic E-state index is 0. The molecule has 0 bridgehead atoms. The lowest BCUT2D eigenvalue weighted by atomic mass is 10.2. The number of aromatic nitrogens is 1. The van der Waals surface area contributed by atoms with Crippen LogP contribution in [0.15, 0.2) is 24.3 Å². The highest BCUT2D eigenvalue weighted by Crippen LogP contribution is 2.32. The minimum atomic E-state index is -0.168. The van der Waals surface area contributed by atoms with Gasteiger partial charge in [-0.15, -0.1) is 23.7 Å². The average molecular weight is 346 g/mol. The van der Waals surface area contributed by atoms with Gasteiger partial charge in [-0.1, -0.05) is 23.7 Å². The Morgan fingerprint density at radius 3 is 2.62 bits per heavy atom. The van der Waals surface area contributed by atoms with Crippen molar-refractivity contribution in [1.82, 2.24) is 10.3 Å². The summed E-state index contributed by atoms with van der Waals surface area (Å²) in [5, 5.41) is 4.47. The lowest BCUT2D eigenvalue weighted by Gasteiger charge is -2.11. The van der Waals surface area contributed by atoms with Crippen molar-refractivity contribution in [1.29, 1.82) is 0 Å². The normalized spacial score (nSPS) is 11.6. The Kier molecular flexibility index (Phi) is 6.61. The van der Waals surface area contributed by atoms with Crippen LogP contribution < -0.4 is 11.1 Å². The molecule has 114 valence electrons. The molecule has 3 N–H and O–H groups in total. The number of rotatable bonds is 4. The number of hydrogen-bond acceptors (Lipinski definition) is 4. The maximum absolute atomic E-state index is 11.4. The first-order valence-corrected chi connectivity index (χ1v) is 7.43. The van der Waals surface area contributed by atoms with Gasteiger partial charge in [0, 0.05) is 10.6 Å². The van der Waals surface area contributed by atoms with E-state index in [4.69, 9.17) is 17.3 Å². The summed E-state index contributed by atoms with van der Waals surface area (Å²) in [5.74, 6) is -0.168. The minimum Gasteiger partial charge on any atom is -0.348 e. The van der Waals surface area contributed by atoms with Crippen LogP contribution in [0.1, 0.15) is 23.5 Å². The molecule has 21 heavy (non-hydrogen) atoms. The van der Waals surface area contributed by atoms with Gasteiger partial charge in [0.2, 0.25) is 5.91 Å². The van der Waals surface area contributed by atoms with E-state index in [-0.39, 0.29) is 30.9 Å². The summed E-state index contributed by atoms with van der Waals surface area (Å²) in [6.07, 6.45) is 0. The maximum Gasteiger partial charge on any atom is 0.234 e. The molecular weight excluding hydrogens is 329 g/mol. The third-order valence-corrected chi connectivity index (χ3v) is 4.52. The molecule has 0 aliphatic carbocycles. The Balaban J connectivity index is 0.00000220. The van der Waals surface area contributed by atoms with Crippen molar-refractivity contribution in [2.75, 3.05) is 6.54 Å². The van der Waals surface area contributed by atoms with Crippen LogP contribution in [0.25, 0.3) is 10.6 Å². The number of nitrogens with one attached hydrogen (secondary N) is 1. The predicted octanol–water partition coefficient (Wildman–Crippen LogP) is 3.33. The third kappa shape index (κ3) is 4.41. The van der Waals surface area contributed by atoms with Crippen molar-refractivity contribution < 1.29 is 4.79 Å². The number of halogens is 2. The van der Waals surface area contributed by atoms with Crippen molar-refractivity contribution in [3.05, 3.63) is 39.9 Å². The van der Waals surface area contributed by atoms with E-state index in [1.807, 2.05) is 38.1 Å². The fraction of sp³-hybridized carbons (Fsp3) is 0.286. The molecule has 0 aliphatic heterocycles. The first-order valence-electron chi connectivity index (χ1n) is 6.24. The molecule has 0 spiro atoms. The van der Waals surface area contributed by atoms with Crippen LogP contribution in [0.3, 0.4) is 0 Å². The molecule has 0 saturated heterocycles. The van der Waals surface area contributed by atoms with Crippen LogP contribution in [0.4, 0.5) is 0 Å². The third-order valence-electron chi connectivity index (χ3n) is 2.88. The summed E-state index contributed by atoms with van der Waals surface area (Å²) in [6, 6.07) is 7.46. The van der Waals surface area contributed by atoms with E-state index in [9.17, 15) is 4.79 Å². The van der Waals surface area contributed by atoms with Crippen molar-refractivity contribution in [2.24, 2.45) is 5.73 Å². The Morgan fingerprint density at radius 1 is 1.43 bits per heavy atom. The second-order valence-electron chi connectivity index (χ2n) is 4.47. The molecule has 0 aliphatic rings. The van der Waals surface area contributed by atoms with Crippen molar-refractivity contribution >= 4 is 41.3 Å². The van der Waals surface area contributed by atoms with Gasteiger partial charge in [-0.25, -0.2) is 4.98 Å². The van der Waals surface area contributed by atoms with Crippen molar-refractivity contribution in [3.63, 3.8) is 0 Å². The molecule has 0 radical (unpaired) electrons. The van der Waals surface area contributed by atoms with Crippen LogP contribution in [0, 0.1) is 6.92 Å². The van der Waals surface area contributed by atoms with E-state index in [1.54, 1.807) is 11.3 Å². The molecule has 1 heterocycles. The van der Waals surface area contributed by atoms with Gasteiger partial charge in [-0.3, -0.25) is 4.79 Å². The monoisotopic (exact) mass is 345 g/mol. The average Bonchev–Trinajstić information content (AvgIpc) is 2.81. The zero-order valence-corrected chi connectivity index (χ0v) is 14.1. The lowest BCUT2D eigenvalue weighted by Crippen LogP contribution is -2.32. The molecule has 2 aromatic rings. The number of carbonyl (C=O) groups is 1. The van der Waals surface area contributed by atoms with Crippen LogP contribution in [0.5, 0.6) is 0 Å². The molecule has 0 saturated carbocycles. The molecule has 1 aromatic heterocycles. The Morgan fingerprint density at radius 2 is 2.05 bits per heavy atom. The highest BCUT2D eigenvalue weighted by Gasteiger charge is 2.16. The second kappa shape index (κ2) is 7.75. The van der Waals surface area contributed by atoms with Gasteiger partial charge in [0.1, 0.15) is 5.01 Å². The molecule has 2 rings (SSSR count). The fourth-order valence-electron chi connectivity index (χ4n) is 1.89. The Hall–Kier alpha value is -1.14. The van der Waals surface area contributed by atoms with E-state index in [1.165, 1.54) is 0 Å². The molecule has 1 aromatic carbocycles. The fourth-order valence-corrected chi connectivity index (χ4v) is 3.09. The SMILES string of the molecule is Cc1nc(-c2ccc(Cl)cc2)sc1C(C)NC(=O)CN.Cl. The summed E-state index contributed by atoms with van der Waals surface area (Å²) in [7, 11) is 0. The van der Waals surface area contributed by atoms with Gasteiger partial charge >= 0.3 is 0 Å². The molecule has 7 heteroatoms. The molecule has 0 fully saturated rings. The number of hydrogen-bond donors (Lipinski definition) is 2. The quantitative estimate of drug-likeness (QED) is 0.892. The smallest absolute Gasteiger partial charge is 0.234 e. The summed E-state index contributed by atoms with van der Waals surface area (Å²) in [4.78, 5) is 17.0.